The van der Waals surface area contributed by atoms with Gasteiger partial charge < -0.3 is 27.9 Å². The summed E-state index contributed by atoms with van der Waals surface area (Å²) in [5.74, 6) is -0.332. The summed E-state index contributed by atoms with van der Waals surface area (Å²) < 4.78 is 34.9. The van der Waals surface area contributed by atoms with Crippen LogP contribution in [0.5, 0.6) is 0 Å². The Morgan fingerprint density at radius 2 is 0.797 bits per heavy atom. The summed E-state index contributed by atoms with van der Waals surface area (Å²) in [6, 6.07) is 0. The fourth-order valence-electron chi connectivity index (χ4n) is 8.57. The Kier molecular flexibility index (Phi) is 52.0. The van der Waals surface area contributed by atoms with Crippen molar-refractivity contribution in [3.8, 4) is 0 Å². The predicted octanol–water partition coefficient (Wildman–Crippen LogP) is 18.2. The number of ether oxygens (including phenoxy) is 2. The van der Waals surface area contributed by atoms with Gasteiger partial charge in [0, 0.05) is 13.0 Å². The molecular weight excluding hydrogens is 878 g/mol. The normalized spacial score (nSPS) is 13.7. The molecule has 8 nitrogen and oxygen atoms in total. The molecule has 0 heterocycles. The minimum atomic E-state index is -4.53. The average Bonchev–Trinajstić information content (AvgIpc) is 3.31. The largest absolute Gasteiger partial charge is 0.756 e. The average molecular weight is 995 g/mol. The lowest BCUT2D eigenvalue weighted by Gasteiger charge is -2.28. The Labute approximate surface area is 429 Å². The smallest absolute Gasteiger partial charge is 0.306 e. The molecule has 0 aromatic carbocycles. The maximum Gasteiger partial charge on any atom is 0.306 e. The van der Waals surface area contributed by atoms with Crippen molar-refractivity contribution in [1.82, 2.24) is 0 Å². The van der Waals surface area contributed by atoms with Gasteiger partial charge in [0.25, 0.3) is 7.82 Å². The van der Waals surface area contributed by atoms with E-state index in [0.29, 0.717) is 24.1 Å². The Morgan fingerprint density at radius 3 is 1.19 bits per heavy atom. The van der Waals surface area contributed by atoms with Crippen LogP contribution in [0, 0.1) is 0 Å². The lowest BCUT2D eigenvalue weighted by molar-refractivity contribution is -0.870. The van der Waals surface area contributed by atoms with E-state index in [4.69, 9.17) is 18.5 Å². The Morgan fingerprint density at radius 1 is 0.449 bits per heavy atom. The topological polar surface area (TPSA) is 94.1 Å². The van der Waals surface area contributed by atoms with Crippen LogP contribution in [0.1, 0.15) is 284 Å². The summed E-state index contributed by atoms with van der Waals surface area (Å²) in [7, 11) is 1.37. The molecule has 0 fully saturated rings. The maximum absolute atomic E-state index is 12.8. The van der Waals surface area contributed by atoms with Gasteiger partial charge in [0.05, 0.1) is 34.4 Å². The number of phosphoric ester groups is 1. The molecule has 0 amide bonds. The summed E-state index contributed by atoms with van der Waals surface area (Å²) in [5, 5.41) is 0. The number of carbonyl (C=O) groups excluding carboxylic acids is 1. The number of rotatable bonds is 56. The summed E-state index contributed by atoms with van der Waals surface area (Å²) in [6.45, 7) is 5.45. The third kappa shape index (κ3) is 57.5. The third-order valence-electron chi connectivity index (χ3n) is 13.2. The van der Waals surface area contributed by atoms with Crippen molar-refractivity contribution in [2.75, 3.05) is 54.1 Å². The fraction of sp³-hybridized carbons (Fsp3) is 0.883. The highest BCUT2D eigenvalue weighted by molar-refractivity contribution is 7.45. The molecule has 0 aliphatic carbocycles. The molecule has 69 heavy (non-hydrogen) atoms. The van der Waals surface area contributed by atoms with Crippen LogP contribution < -0.4 is 4.89 Å². The fourth-order valence-corrected chi connectivity index (χ4v) is 9.30. The summed E-state index contributed by atoms with van der Waals surface area (Å²) in [4.78, 5) is 25.3. The molecule has 0 rings (SSSR count). The van der Waals surface area contributed by atoms with E-state index in [2.05, 4.69) is 50.3 Å². The Balaban J connectivity index is 4.04. The molecule has 0 N–H and O–H groups in total. The first-order valence-corrected chi connectivity index (χ1v) is 31.2. The molecule has 0 aliphatic heterocycles. The van der Waals surface area contributed by atoms with Crippen molar-refractivity contribution < 1.29 is 37.3 Å². The van der Waals surface area contributed by atoms with Crippen molar-refractivity contribution in [3.05, 3.63) is 36.5 Å². The molecule has 0 saturated heterocycles. The van der Waals surface area contributed by atoms with Crippen LogP contribution in [0.15, 0.2) is 36.5 Å². The lowest BCUT2D eigenvalue weighted by atomic mass is 10.0. The van der Waals surface area contributed by atoms with E-state index in [1.54, 1.807) is 0 Å². The van der Waals surface area contributed by atoms with Crippen LogP contribution in [0.4, 0.5) is 0 Å². The molecule has 0 radical (unpaired) electrons. The minimum Gasteiger partial charge on any atom is -0.756 e. The van der Waals surface area contributed by atoms with E-state index in [1.165, 1.54) is 225 Å². The summed E-state index contributed by atoms with van der Waals surface area (Å²) in [5.41, 5.74) is 0. The molecule has 2 unspecified atom stereocenters. The number of phosphoric acid groups is 1. The van der Waals surface area contributed by atoms with Crippen molar-refractivity contribution >= 4 is 13.8 Å². The number of likely N-dealkylation sites (N-methyl/N-ethyl adjacent to an activating group) is 1. The standard InChI is InChI=1S/C60H116NO7P/c1-6-8-10-12-14-16-18-20-22-24-26-28-30-32-34-36-38-40-42-44-46-48-50-52-55-65-57-59(58-67-69(63,64)66-56-54-61(3,4)5)68-60(62)53-51-49-47-45-43-41-39-37-35-33-31-29-27-25-23-21-19-17-15-13-11-9-7-2/h19,21,24-27,59H,6-18,20,22-23,28-58H2,1-5H3/b21-19-,26-24-,27-25-. The van der Waals surface area contributed by atoms with Crippen molar-refractivity contribution in [2.45, 2.75) is 290 Å². The number of hydrogen-bond acceptors (Lipinski definition) is 7. The second kappa shape index (κ2) is 53.0. The van der Waals surface area contributed by atoms with Gasteiger partial charge in [-0.15, -0.1) is 0 Å². The molecule has 0 spiro atoms. The number of quaternary nitrogens is 1. The Bertz CT molecular complexity index is 1200. The van der Waals surface area contributed by atoms with Gasteiger partial charge >= 0.3 is 5.97 Å². The molecule has 2 atom stereocenters. The van der Waals surface area contributed by atoms with E-state index in [9.17, 15) is 14.3 Å². The third-order valence-corrected chi connectivity index (χ3v) is 14.1. The maximum atomic E-state index is 12.8. The number of esters is 1. The van der Waals surface area contributed by atoms with E-state index < -0.39 is 13.9 Å². The highest BCUT2D eigenvalue weighted by Gasteiger charge is 2.20. The van der Waals surface area contributed by atoms with E-state index in [-0.39, 0.29) is 25.8 Å². The first-order chi connectivity index (χ1) is 33.6. The van der Waals surface area contributed by atoms with E-state index in [0.717, 1.165) is 38.5 Å². The number of allylic oxidation sites excluding steroid dienone is 6. The molecule has 0 aliphatic rings. The molecule has 0 aromatic rings. The molecule has 0 bridgehead atoms. The van der Waals surface area contributed by atoms with Gasteiger partial charge in [-0.3, -0.25) is 9.36 Å². The van der Waals surface area contributed by atoms with Gasteiger partial charge in [-0.05, 0) is 70.6 Å². The van der Waals surface area contributed by atoms with Crippen LogP contribution in [0.2, 0.25) is 0 Å². The zero-order chi connectivity index (χ0) is 50.5. The molecule has 408 valence electrons. The number of unbranched alkanes of at least 4 members (excludes halogenated alkanes) is 36. The van der Waals surface area contributed by atoms with Gasteiger partial charge in [-0.2, -0.15) is 0 Å². The first-order valence-electron chi connectivity index (χ1n) is 29.7. The van der Waals surface area contributed by atoms with Crippen molar-refractivity contribution in [3.63, 3.8) is 0 Å². The van der Waals surface area contributed by atoms with Crippen LogP contribution in [0.25, 0.3) is 0 Å². The second-order valence-electron chi connectivity index (χ2n) is 21.4. The monoisotopic (exact) mass is 994 g/mol. The molecule has 9 heteroatoms. The first kappa shape index (κ1) is 67.7. The van der Waals surface area contributed by atoms with Crippen LogP contribution in [-0.4, -0.2) is 70.7 Å². The van der Waals surface area contributed by atoms with Gasteiger partial charge in [-0.1, -0.05) is 243 Å². The van der Waals surface area contributed by atoms with Gasteiger partial charge in [-0.25, -0.2) is 0 Å². The highest BCUT2D eigenvalue weighted by atomic mass is 31.2. The number of nitrogens with zero attached hydrogens (tertiary/aromatic N) is 1. The number of carbonyl (C=O) groups is 1. The Hall–Kier alpha value is -1.28. The van der Waals surface area contributed by atoms with Gasteiger partial charge in [0.2, 0.25) is 0 Å². The molecular formula is C60H116NO7P. The van der Waals surface area contributed by atoms with E-state index >= 15 is 0 Å². The predicted molar refractivity (Wildman–Crippen MR) is 296 cm³/mol. The van der Waals surface area contributed by atoms with Crippen molar-refractivity contribution in [2.24, 2.45) is 0 Å². The van der Waals surface area contributed by atoms with Crippen LogP contribution >= 0.6 is 7.82 Å². The van der Waals surface area contributed by atoms with Crippen LogP contribution in [0.3, 0.4) is 0 Å². The van der Waals surface area contributed by atoms with Gasteiger partial charge in [0.1, 0.15) is 19.3 Å². The van der Waals surface area contributed by atoms with E-state index in [1.807, 2.05) is 21.1 Å². The van der Waals surface area contributed by atoms with Gasteiger partial charge in [0.15, 0.2) is 0 Å². The van der Waals surface area contributed by atoms with Crippen LogP contribution in [-0.2, 0) is 27.9 Å². The molecule has 0 aromatic heterocycles. The quantitative estimate of drug-likeness (QED) is 0.0197. The number of hydrogen-bond donors (Lipinski definition) is 0. The zero-order valence-corrected chi connectivity index (χ0v) is 47.4. The minimum absolute atomic E-state index is 0.0267. The lowest BCUT2D eigenvalue weighted by Crippen LogP contribution is -2.37. The molecule has 0 saturated carbocycles. The SMILES string of the molecule is CCCCCCC/C=C\C/C=C\CCCCCCCCCCCCCC(=O)OC(COCCCCCCCCCCCCCC/C=C\CCCCCCCCCC)COP(=O)([O-])OCC[N+](C)(C)C. The summed E-state index contributed by atoms with van der Waals surface area (Å²) >= 11 is 0. The van der Waals surface area contributed by atoms with Crippen molar-refractivity contribution in [1.29, 1.82) is 0 Å². The zero-order valence-electron chi connectivity index (χ0n) is 46.5. The second-order valence-corrected chi connectivity index (χ2v) is 22.8. The summed E-state index contributed by atoms with van der Waals surface area (Å²) in [6.07, 6.45) is 66.2. The highest BCUT2D eigenvalue weighted by Crippen LogP contribution is 2.38.